The summed E-state index contributed by atoms with van der Waals surface area (Å²) in [6.07, 6.45) is -2.71. The minimum Gasteiger partial charge on any atom is -0.482 e. The van der Waals surface area contributed by atoms with Crippen LogP contribution in [0.1, 0.15) is 5.56 Å². The van der Waals surface area contributed by atoms with Crippen molar-refractivity contribution in [1.29, 1.82) is 0 Å². The van der Waals surface area contributed by atoms with Crippen molar-refractivity contribution in [2.24, 2.45) is 0 Å². The van der Waals surface area contributed by atoms with Crippen LogP contribution in [0, 0.1) is 12.7 Å². The molecule has 0 fully saturated rings. The summed E-state index contributed by atoms with van der Waals surface area (Å²) in [4.78, 5) is 4.25. The number of fused-ring (bicyclic) bond motifs is 3. The summed E-state index contributed by atoms with van der Waals surface area (Å²) in [6.45, 7) is 0.342. The van der Waals surface area contributed by atoms with Gasteiger partial charge in [-0.25, -0.2) is 9.37 Å². The molecular weight excluding hydrogens is 396 g/mol. The Kier molecular flexibility index (Phi) is 4.42. The molecule has 2 aromatic heterocycles. The zero-order valence-electron chi connectivity index (χ0n) is 14.5. The first-order valence-corrected chi connectivity index (χ1v) is 8.68. The van der Waals surface area contributed by atoms with Crippen LogP contribution in [0.25, 0.3) is 27.5 Å². The maximum Gasteiger partial charge on any atom is 0.422 e. The molecule has 28 heavy (non-hydrogen) atoms. The molecule has 0 spiro atoms. The molecule has 144 valence electrons. The number of ether oxygens (including phenoxy) is 1. The third-order valence-electron chi connectivity index (χ3n) is 4.38. The summed E-state index contributed by atoms with van der Waals surface area (Å²) in [5.74, 6) is -0.368. The standard InChI is InChI=1S/C20H13ClF4N2O/c1-11-9-12(22)5-6-15(11)27-8-7-14-18(27)13-3-2-4-16(17(13)26-19(14)21)28-10-20(23,24)25/h2-9H,10H2,1H3. The molecule has 0 unspecified atom stereocenters. The fourth-order valence-corrected chi connectivity index (χ4v) is 3.46. The van der Waals surface area contributed by atoms with E-state index >= 15 is 0 Å². The van der Waals surface area contributed by atoms with Crippen molar-refractivity contribution < 1.29 is 22.3 Å². The second-order valence-electron chi connectivity index (χ2n) is 6.34. The molecule has 2 heterocycles. The maximum absolute atomic E-state index is 13.5. The highest BCUT2D eigenvalue weighted by molar-refractivity contribution is 6.35. The van der Waals surface area contributed by atoms with Crippen LogP contribution in [0.2, 0.25) is 5.15 Å². The van der Waals surface area contributed by atoms with Crippen LogP contribution in [-0.4, -0.2) is 22.3 Å². The van der Waals surface area contributed by atoms with Gasteiger partial charge < -0.3 is 9.30 Å². The first-order valence-electron chi connectivity index (χ1n) is 8.30. The molecule has 0 aliphatic carbocycles. The van der Waals surface area contributed by atoms with E-state index in [1.807, 2.05) is 4.57 Å². The Balaban J connectivity index is 1.97. The van der Waals surface area contributed by atoms with E-state index in [9.17, 15) is 17.6 Å². The van der Waals surface area contributed by atoms with Gasteiger partial charge in [0.1, 0.15) is 22.2 Å². The second-order valence-corrected chi connectivity index (χ2v) is 6.70. The van der Waals surface area contributed by atoms with E-state index in [1.165, 1.54) is 18.2 Å². The van der Waals surface area contributed by atoms with Gasteiger partial charge in [-0.3, -0.25) is 0 Å². The summed E-state index contributed by atoms with van der Waals surface area (Å²) >= 11 is 6.30. The van der Waals surface area contributed by atoms with Gasteiger partial charge in [0, 0.05) is 22.7 Å². The van der Waals surface area contributed by atoms with E-state index < -0.39 is 12.8 Å². The van der Waals surface area contributed by atoms with Crippen LogP contribution in [0.3, 0.4) is 0 Å². The van der Waals surface area contributed by atoms with Gasteiger partial charge in [-0.2, -0.15) is 13.2 Å². The molecule has 8 heteroatoms. The number of nitrogens with zero attached hydrogens (tertiary/aromatic N) is 2. The number of alkyl halides is 3. The lowest BCUT2D eigenvalue weighted by Crippen LogP contribution is -2.19. The number of benzene rings is 2. The highest BCUT2D eigenvalue weighted by Crippen LogP contribution is 2.36. The number of hydrogen-bond donors (Lipinski definition) is 0. The van der Waals surface area contributed by atoms with Crippen LogP contribution in [0.15, 0.2) is 48.7 Å². The van der Waals surface area contributed by atoms with Crippen LogP contribution in [0.5, 0.6) is 5.75 Å². The van der Waals surface area contributed by atoms with Gasteiger partial charge in [0.25, 0.3) is 0 Å². The van der Waals surface area contributed by atoms with Gasteiger partial charge in [-0.05, 0) is 42.8 Å². The van der Waals surface area contributed by atoms with Crippen molar-refractivity contribution in [3.63, 3.8) is 0 Å². The lowest BCUT2D eigenvalue weighted by Gasteiger charge is -2.14. The molecule has 0 saturated carbocycles. The molecule has 4 aromatic rings. The summed E-state index contributed by atoms with van der Waals surface area (Å²) in [6, 6.07) is 10.9. The third-order valence-corrected chi connectivity index (χ3v) is 4.67. The molecule has 4 rings (SSSR count). The fraction of sp³-hybridized carbons (Fsp3) is 0.150. The zero-order valence-corrected chi connectivity index (χ0v) is 15.3. The molecule has 0 aliphatic rings. The third kappa shape index (κ3) is 3.26. The minimum atomic E-state index is -4.47. The first-order chi connectivity index (χ1) is 13.2. The van der Waals surface area contributed by atoms with Crippen molar-refractivity contribution >= 4 is 33.4 Å². The topological polar surface area (TPSA) is 27.1 Å². The minimum absolute atomic E-state index is 0.0118. The number of pyridine rings is 1. The number of aromatic nitrogens is 2. The molecule has 0 aliphatic heterocycles. The van der Waals surface area contributed by atoms with Crippen LogP contribution < -0.4 is 4.74 Å². The van der Waals surface area contributed by atoms with Crippen molar-refractivity contribution in [2.45, 2.75) is 13.1 Å². The molecule has 0 radical (unpaired) electrons. The number of hydrogen-bond acceptors (Lipinski definition) is 2. The predicted molar refractivity (Wildman–Crippen MR) is 99.8 cm³/mol. The van der Waals surface area contributed by atoms with Crippen molar-refractivity contribution in [2.75, 3.05) is 6.61 Å². The Morgan fingerprint density at radius 2 is 1.89 bits per heavy atom. The van der Waals surface area contributed by atoms with Crippen molar-refractivity contribution in [3.05, 3.63) is 65.2 Å². The summed E-state index contributed by atoms with van der Waals surface area (Å²) < 4.78 is 58.0. The Bertz CT molecular complexity index is 1200. The van der Waals surface area contributed by atoms with Gasteiger partial charge in [-0.1, -0.05) is 23.7 Å². The summed E-state index contributed by atoms with van der Waals surface area (Å²) in [7, 11) is 0. The lowest BCUT2D eigenvalue weighted by molar-refractivity contribution is -0.153. The Morgan fingerprint density at radius 1 is 1.11 bits per heavy atom. The van der Waals surface area contributed by atoms with E-state index in [0.717, 1.165) is 5.69 Å². The monoisotopic (exact) mass is 408 g/mol. The van der Waals surface area contributed by atoms with Crippen LogP contribution in [0.4, 0.5) is 17.6 Å². The largest absolute Gasteiger partial charge is 0.482 e. The Labute approximate surface area is 162 Å². The Hall–Kier alpha value is -2.80. The highest BCUT2D eigenvalue weighted by atomic mass is 35.5. The first kappa shape index (κ1) is 18.6. The normalized spacial score (nSPS) is 12.1. The lowest BCUT2D eigenvalue weighted by atomic mass is 10.1. The molecule has 0 N–H and O–H groups in total. The van der Waals surface area contributed by atoms with Crippen LogP contribution in [-0.2, 0) is 0 Å². The predicted octanol–water partition coefficient (Wildman–Crippen LogP) is 6.22. The molecular formula is C20H13ClF4N2O. The second kappa shape index (κ2) is 6.67. The van der Waals surface area contributed by atoms with Gasteiger partial charge in [0.2, 0.25) is 0 Å². The average molecular weight is 409 g/mol. The SMILES string of the molecule is Cc1cc(F)ccc1-n1ccc2c(Cl)nc3c(OCC(F)(F)F)cccc3c21. The maximum atomic E-state index is 13.5. The Morgan fingerprint density at radius 3 is 2.61 bits per heavy atom. The number of para-hydroxylation sites is 1. The van der Waals surface area contributed by atoms with E-state index in [1.54, 1.807) is 37.4 Å². The molecule has 0 saturated heterocycles. The quantitative estimate of drug-likeness (QED) is 0.297. The van der Waals surface area contributed by atoms with Crippen LogP contribution >= 0.6 is 11.6 Å². The smallest absolute Gasteiger partial charge is 0.422 e. The summed E-state index contributed by atoms with van der Waals surface area (Å²) in [5, 5.41) is 1.35. The van der Waals surface area contributed by atoms with Gasteiger partial charge in [-0.15, -0.1) is 0 Å². The zero-order chi connectivity index (χ0) is 20.1. The van der Waals surface area contributed by atoms with Crippen molar-refractivity contribution in [3.8, 4) is 11.4 Å². The highest BCUT2D eigenvalue weighted by Gasteiger charge is 2.29. The van der Waals surface area contributed by atoms with E-state index in [-0.39, 0.29) is 22.2 Å². The van der Waals surface area contributed by atoms with Gasteiger partial charge >= 0.3 is 6.18 Å². The average Bonchev–Trinajstić information content (AvgIpc) is 3.05. The summed E-state index contributed by atoms with van der Waals surface area (Å²) in [5.41, 5.74) is 2.30. The van der Waals surface area contributed by atoms with E-state index in [2.05, 4.69) is 4.98 Å². The van der Waals surface area contributed by atoms with E-state index in [0.29, 0.717) is 21.9 Å². The van der Waals surface area contributed by atoms with E-state index in [4.69, 9.17) is 16.3 Å². The molecule has 3 nitrogen and oxygen atoms in total. The number of halogens is 5. The fourth-order valence-electron chi connectivity index (χ4n) is 3.23. The molecule has 0 amide bonds. The number of rotatable bonds is 3. The van der Waals surface area contributed by atoms with Gasteiger partial charge in [0.15, 0.2) is 6.61 Å². The number of aryl methyl sites for hydroxylation is 1. The van der Waals surface area contributed by atoms with Gasteiger partial charge in [0.05, 0.1) is 5.52 Å². The molecule has 0 atom stereocenters. The molecule has 0 bridgehead atoms. The van der Waals surface area contributed by atoms with Crippen molar-refractivity contribution in [1.82, 2.24) is 9.55 Å². The molecule has 2 aromatic carbocycles.